The standard InChI is InChI=1S/C23H34F3N3O6SSi/c1-21(2,3)37(6,7)34-13-16-22(4,33-14-36-5)11-17(35-16)29-12-15(18(30)28-20(29)32)9-8-10-27-19(31)23(24,25)26/h12,16-17H,10-11,13-14H2,1-7H3,(H,27,31)(H,28,30,32)/t16-,17-,22-/m1/s1. The number of aromatic amines is 1. The largest absolute Gasteiger partial charge is 0.471 e. The van der Waals surface area contributed by atoms with Gasteiger partial charge in [-0.05, 0) is 31.3 Å². The van der Waals surface area contributed by atoms with E-state index in [9.17, 15) is 27.6 Å². The third kappa shape index (κ3) is 7.97. The Labute approximate surface area is 219 Å². The number of halogens is 3. The van der Waals surface area contributed by atoms with Crippen LogP contribution in [0, 0.1) is 11.8 Å². The van der Waals surface area contributed by atoms with Crippen molar-refractivity contribution >= 4 is 26.0 Å². The summed E-state index contributed by atoms with van der Waals surface area (Å²) in [6.07, 6.45) is -3.00. The molecule has 1 aliphatic heterocycles. The van der Waals surface area contributed by atoms with Crippen LogP contribution in [-0.4, -0.2) is 67.0 Å². The SMILES string of the molecule is CSCO[C@]1(C)C[C@H](n2cc(C#CCNC(=O)C(F)(F)F)c(=O)[nH]c2=O)O[C@@H]1CO[Si](C)(C)C(C)(C)C. The van der Waals surface area contributed by atoms with E-state index in [1.165, 1.54) is 22.5 Å². The molecule has 37 heavy (non-hydrogen) atoms. The van der Waals surface area contributed by atoms with E-state index in [0.717, 1.165) is 0 Å². The first-order valence-corrected chi connectivity index (χ1v) is 15.8. The van der Waals surface area contributed by atoms with E-state index < -0.39 is 56.1 Å². The monoisotopic (exact) mass is 565 g/mol. The van der Waals surface area contributed by atoms with Gasteiger partial charge in [0.2, 0.25) is 0 Å². The predicted molar refractivity (Wildman–Crippen MR) is 137 cm³/mol. The molecule has 0 aliphatic carbocycles. The molecule has 3 atom stereocenters. The second-order valence-electron chi connectivity index (χ2n) is 10.4. The molecule has 208 valence electrons. The van der Waals surface area contributed by atoms with Crippen LogP contribution in [0.5, 0.6) is 0 Å². The summed E-state index contributed by atoms with van der Waals surface area (Å²) in [7, 11) is -2.11. The topological polar surface area (TPSA) is 112 Å². The molecule has 2 heterocycles. The molecule has 0 bridgehead atoms. The summed E-state index contributed by atoms with van der Waals surface area (Å²) in [5, 5.41) is 1.57. The number of ether oxygens (including phenoxy) is 2. The average Bonchev–Trinajstić information content (AvgIpc) is 3.09. The summed E-state index contributed by atoms with van der Waals surface area (Å²) >= 11 is 1.49. The summed E-state index contributed by atoms with van der Waals surface area (Å²) in [5.74, 6) is 2.93. The number of H-pyrrole nitrogens is 1. The van der Waals surface area contributed by atoms with E-state index >= 15 is 0 Å². The lowest BCUT2D eigenvalue weighted by atomic mass is 9.97. The molecular formula is C23H34F3N3O6SSi. The van der Waals surface area contributed by atoms with Crippen molar-refractivity contribution in [3.05, 3.63) is 32.6 Å². The second kappa shape index (κ2) is 11.8. The maximum Gasteiger partial charge on any atom is 0.471 e. The number of rotatable bonds is 8. The van der Waals surface area contributed by atoms with Crippen LogP contribution in [0.1, 0.15) is 45.9 Å². The lowest BCUT2D eigenvalue weighted by Gasteiger charge is -2.38. The number of carbonyl (C=O) groups is 1. The number of thioether (sulfide) groups is 1. The Balaban J connectivity index is 2.28. The highest BCUT2D eigenvalue weighted by Crippen LogP contribution is 2.42. The normalized spacial score (nSPS) is 22.4. The van der Waals surface area contributed by atoms with Gasteiger partial charge in [0.05, 0.1) is 24.7 Å². The number of hydrogen-bond acceptors (Lipinski definition) is 7. The third-order valence-corrected chi connectivity index (χ3v) is 11.4. The van der Waals surface area contributed by atoms with Gasteiger partial charge in [-0.2, -0.15) is 13.2 Å². The van der Waals surface area contributed by atoms with E-state index in [4.69, 9.17) is 13.9 Å². The van der Waals surface area contributed by atoms with Gasteiger partial charge < -0.3 is 19.2 Å². The van der Waals surface area contributed by atoms with Crippen LogP contribution in [0.15, 0.2) is 15.8 Å². The molecule has 0 radical (unpaired) electrons. The number of nitrogens with one attached hydrogen (secondary N) is 2. The van der Waals surface area contributed by atoms with Crippen LogP contribution in [0.4, 0.5) is 13.2 Å². The Morgan fingerprint density at radius 3 is 2.57 bits per heavy atom. The van der Waals surface area contributed by atoms with Gasteiger partial charge in [0, 0.05) is 12.6 Å². The molecular weight excluding hydrogens is 531 g/mol. The number of nitrogens with zero attached hydrogens (tertiary/aromatic N) is 1. The van der Waals surface area contributed by atoms with Gasteiger partial charge in [0.1, 0.15) is 17.9 Å². The number of alkyl halides is 3. The van der Waals surface area contributed by atoms with Gasteiger partial charge in [-0.25, -0.2) is 4.79 Å². The van der Waals surface area contributed by atoms with Crippen molar-refractivity contribution in [2.24, 2.45) is 0 Å². The molecule has 14 heteroatoms. The van der Waals surface area contributed by atoms with Crippen LogP contribution in [0.2, 0.25) is 18.1 Å². The highest BCUT2D eigenvalue weighted by Gasteiger charge is 2.49. The molecule has 0 unspecified atom stereocenters. The van der Waals surface area contributed by atoms with Crippen LogP contribution < -0.4 is 16.6 Å². The van der Waals surface area contributed by atoms with Gasteiger partial charge in [-0.1, -0.05) is 32.6 Å². The van der Waals surface area contributed by atoms with Crippen LogP contribution in [0.25, 0.3) is 0 Å². The summed E-state index contributed by atoms with van der Waals surface area (Å²) in [4.78, 5) is 37.9. The lowest BCUT2D eigenvalue weighted by molar-refractivity contribution is -0.173. The van der Waals surface area contributed by atoms with Crippen molar-refractivity contribution in [2.45, 2.75) is 76.4 Å². The Hall–Kier alpha value is -2.05. The fourth-order valence-corrected chi connectivity index (χ4v) is 4.63. The Morgan fingerprint density at radius 2 is 2.00 bits per heavy atom. The average molecular weight is 566 g/mol. The van der Waals surface area contributed by atoms with Gasteiger partial charge >= 0.3 is 17.8 Å². The Bertz CT molecular complexity index is 1150. The van der Waals surface area contributed by atoms with Crippen molar-refractivity contribution in [1.82, 2.24) is 14.9 Å². The molecule has 2 N–H and O–H groups in total. The first-order valence-electron chi connectivity index (χ1n) is 11.5. The lowest BCUT2D eigenvalue weighted by Crippen LogP contribution is -2.47. The Morgan fingerprint density at radius 1 is 1.35 bits per heavy atom. The van der Waals surface area contributed by atoms with Gasteiger partial charge in [0.25, 0.3) is 5.56 Å². The molecule has 1 aromatic rings. The van der Waals surface area contributed by atoms with Crippen LogP contribution in [0.3, 0.4) is 0 Å². The van der Waals surface area contributed by atoms with Crippen molar-refractivity contribution in [3.63, 3.8) is 0 Å². The summed E-state index contributed by atoms with van der Waals surface area (Å²) in [5.41, 5.74) is -2.51. The minimum Gasteiger partial charge on any atom is -0.414 e. The van der Waals surface area contributed by atoms with Gasteiger partial charge in [0.15, 0.2) is 8.32 Å². The first-order chi connectivity index (χ1) is 16.9. The maximum absolute atomic E-state index is 12.6. The molecule has 1 saturated heterocycles. The van der Waals surface area contributed by atoms with Crippen molar-refractivity contribution < 1.29 is 31.9 Å². The van der Waals surface area contributed by atoms with E-state index in [1.807, 2.05) is 13.2 Å². The zero-order valence-electron chi connectivity index (χ0n) is 22.0. The number of hydrogen-bond donors (Lipinski definition) is 2. The minimum absolute atomic E-state index is 0.0233. The fourth-order valence-electron chi connectivity index (χ4n) is 3.24. The second-order valence-corrected chi connectivity index (χ2v) is 16.0. The minimum atomic E-state index is -5.04. The smallest absolute Gasteiger partial charge is 0.414 e. The molecule has 9 nitrogen and oxygen atoms in total. The van der Waals surface area contributed by atoms with Gasteiger partial charge in [-0.3, -0.25) is 19.1 Å². The molecule has 0 aromatic carbocycles. The molecule has 0 saturated carbocycles. The first kappa shape index (κ1) is 31.2. The molecule has 1 aromatic heterocycles. The Kier molecular flexibility index (Phi) is 9.92. The van der Waals surface area contributed by atoms with Crippen molar-refractivity contribution in [2.75, 3.05) is 25.3 Å². The molecule has 2 rings (SSSR count). The van der Waals surface area contributed by atoms with E-state index in [2.05, 4.69) is 50.7 Å². The number of aromatic nitrogens is 2. The molecule has 1 amide bonds. The number of amides is 1. The fraction of sp³-hybridized carbons (Fsp3) is 0.696. The predicted octanol–water partition coefficient (Wildman–Crippen LogP) is 2.97. The molecule has 1 fully saturated rings. The van der Waals surface area contributed by atoms with E-state index in [-0.39, 0.29) is 23.6 Å². The van der Waals surface area contributed by atoms with Crippen LogP contribution >= 0.6 is 11.8 Å². The summed E-state index contributed by atoms with van der Waals surface area (Å²) in [6.45, 7) is 12.1. The maximum atomic E-state index is 12.6. The highest BCUT2D eigenvalue weighted by molar-refractivity contribution is 7.98. The quantitative estimate of drug-likeness (QED) is 0.283. The summed E-state index contributed by atoms with van der Waals surface area (Å²) < 4.78 is 56.7. The molecule has 0 spiro atoms. The van der Waals surface area contributed by atoms with E-state index in [1.54, 1.807) is 5.32 Å². The zero-order chi connectivity index (χ0) is 28.2. The van der Waals surface area contributed by atoms with Gasteiger partial charge in [-0.15, -0.1) is 11.8 Å². The summed E-state index contributed by atoms with van der Waals surface area (Å²) in [6, 6.07) is 0. The van der Waals surface area contributed by atoms with Crippen molar-refractivity contribution in [3.8, 4) is 11.8 Å². The van der Waals surface area contributed by atoms with E-state index in [0.29, 0.717) is 5.94 Å². The van der Waals surface area contributed by atoms with Crippen LogP contribution in [-0.2, 0) is 18.7 Å². The highest BCUT2D eigenvalue weighted by atomic mass is 32.2. The molecule has 1 aliphatic rings. The van der Waals surface area contributed by atoms with Crippen molar-refractivity contribution in [1.29, 1.82) is 0 Å². The third-order valence-electron chi connectivity index (χ3n) is 6.59. The zero-order valence-corrected chi connectivity index (χ0v) is 23.8. The number of carbonyl (C=O) groups excluding carboxylic acids is 1.